The number of carbonyl (C=O) groups excluding carboxylic acids is 1. The van der Waals surface area contributed by atoms with Gasteiger partial charge in [-0.3, -0.25) is 14.8 Å². The first kappa shape index (κ1) is 17.6. The highest BCUT2D eigenvalue weighted by Crippen LogP contribution is 2.24. The van der Waals surface area contributed by atoms with E-state index < -0.39 is 0 Å². The largest absolute Gasteiger partial charge is 0.443 e. The van der Waals surface area contributed by atoms with E-state index in [4.69, 9.17) is 4.42 Å². The number of pyridine rings is 2. The van der Waals surface area contributed by atoms with E-state index in [0.717, 1.165) is 17.0 Å². The summed E-state index contributed by atoms with van der Waals surface area (Å²) in [6, 6.07) is 20.7. The molecule has 0 saturated heterocycles. The predicted octanol–water partition coefficient (Wildman–Crippen LogP) is 3.97. The van der Waals surface area contributed by atoms with Crippen molar-refractivity contribution in [1.82, 2.24) is 19.9 Å². The summed E-state index contributed by atoms with van der Waals surface area (Å²) >= 11 is 0. The summed E-state index contributed by atoms with van der Waals surface area (Å²) in [5.74, 6) is 0.224. The van der Waals surface area contributed by atoms with E-state index in [1.165, 1.54) is 6.39 Å². The van der Waals surface area contributed by atoms with Gasteiger partial charge < -0.3 is 9.32 Å². The molecule has 3 heterocycles. The van der Waals surface area contributed by atoms with Crippen LogP contribution in [-0.2, 0) is 13.1 Å². The number of amides is 1. The molecule has 1 amide bonds. The van der Waals surface area contributed by atoms with Crippen LogP contribution in [-0.4, -0.2) is 25.8 Å². The number of nitrogens with zero attached hydrogens (tertiary/aromatic N) is 4. The summed E-state index contributed by atoms with van der Waals surface area (Å²) in [6.45, 7) is 0.689. The molecule has 0 spiro atoms. The van der Waals surface area contributed by atoms with Gasteiger partial charge in [0.25, 0.3) is 5.91 Å². The highest BCUT2D eigenvalue weighted by molar-refractivity contribution is 5.97. The van der Waals surface area contributed by atoms with Crippen LogP contribution < -0.4 is 0 Å². The van der Waals surface area contributed by atoms with Crippen molar-refractivity contribution in [3.63, 3.8) is 0 Å². The predicted molar refractivity (Wildman–Crippen MR) is 104 cm³/mol. The van der Waals surface area contributed by atoms with Gasteiger partial charge in [0.2, 0.25) is 0 Å². The molecule has 138 valence electrons. The Balaban J connectivity index is 1.66. The molecule has 0 radical (unpaired) electrons. The highest BCUT2D eigenvalue weighted by atomic mass is 16.3. The Morgan fingerprint density at radius 1 is 0.786 bits per heavy atom. The maximum Gasteiger partial charge on any atom is 0.277 e. The molecule has 1 aromatic carbocycles. The lowest BCUT2D eigenvalue weighted by Crippen LogP contribution is -2.31. The molecule has 0 N–H and O–H groups in total. The third kappa shape index (κ3) is 3.96. The fourth-order valence-electron chi connectivity index (χ4n) is 2.92. The molecular formula is C22H18N4O2. The normalized spacial score (nSPS) is 10.6. The number of aromatic nitrogens is 3. The second kappa shape index (κ2) is 8.26. The van der Waals surface area contributed by atoms with Gasteiger partial charge in [0.15, 0.2) is 17.8 Å². The summed E-state index contributed by atoms with van der Waals surface area (Å²) in [7, 11) is 0. The third-order valence-electron chi connectivity index (χ3n) is 4.25. The van der Waals surface area contributed by atoms with Gasteiger partial charge in [-0.2, -0.15) is 0 Å². The Kier molecular flexibility index (Phi) is 5.20. The number of hydrogen-bond donors (Lipinski definition) is 0. The van der Waals surface area contributed by atoms with Crippen LogP contribution in [0.1, 0.15) is 21.9 Å². The zero-order chi connectivity index (χ0) is 19.2. The lowest BCUT2D eigenvalue weighted by atomic mass is 10.1. The molecule has 4 aromatic rings. The SMILES string of the molecule is O=C(c1ncoc1-c1ccccc1)N(Cc1ccccn1)Cc1ccccn1. The van der Waals surface area contributed by atoms with E-state index in [1.54, 1.807) is 17.3 Å². The van der Waals surface area contributed by atoms with Crippen LogP contribution in [0, 0.1) is 0 Å². The summed E-state index contributed by atoms with van der Waals surface area (Å²) in [6.07, 6.45) is 4.73. The second-order valence-electron chi connectivity index (χ2n) is 6.20. The Morgan fingerprint density at radius 2 is 1.39 bits per heavy atom. The van der Waals surface area contributed by atoms with Crippen molar-refractivity contribution in [3.8, 4) is 11.3 Å². The number of hydrogen-bond acceptors (Lipinski definition) is 5. The molecule has 0 aliphatic heterocycles. The molecule has 0 aliphatic carbocycles. The van der Waals surface area contributed by atoms with Crippen molar-refractivity contribution in [3.05, 3.63) is 103 Å². The molecule has 28 heavy (non-hydrogen) atoms. The van der Waals surface area contributed by atoms with Gasteiger partial charge >= 0.3 is 0 Å². The Bertz CT molecular complexity index is 992. The fourth-order valence-corrected chi connectivity index (χ4v) is 2.92. The Labute approximate surface area is 162 Å². The molecule has 0 fully saturated rings. The van der Waals surface area contributed by atoms with Gasteiger partial charge in [-0.15, -0.1) is 0 Å². The smallest absolute Gasteiger partial charge is 0.277 e. The zero-order valence-corrected chi connectivity index (χ0v) is 15.1. The standard InChI is InChI=1S/C22H18N4O2/c27-22(20-21(28-16-25-20)17-8-2-1-3-9-17)26(14-18-10-4-6-12-23-18)15-19-11-5-7-13-24-19/h1-13,16H,14-15H2. The minimum absolute atomic E-state index is 0.232. The maximum absolute atomic E-state index is 13.4. The molecule has 0 saturated carbocycles. The van der Waals surface area contributed by atoms with E-state index >= 15 is 0 Å². The molecule has 3 aromatic heterocycles. The van der Waals surface area contributed by atoms with Crippen molar-refractivity contribution in [2.75, 3.05) is 0 Å². The van der Waals surface area contributed by atoms with E-state index in [0.29, 0.717) is 18.8 Å². The Morgan fingerprint density at radius 3 is 1.96 bits per heavy atom. The lowest BCUT2D eigenvalue weighted by Gasteiger charge is -2.21. The maximum atomic E-state index is 13.4. The topological polar surface area (TPSA) is 72.1 Å². The average Bonchev–Trinajstić information content (AvgIpc) is 3.25. The van der Waals surface area contributed by atoms with Crippen LogP contribution in [0.15, 0.2) is 89.9 Å². The summed E-state index contributed by atoms with van der Waals surface area (Å²) in [5.41, 5.74) is 2.66. The minimum atomic E-state index is -0.232. The number of oxazole rings is 1. The highest BCUT2D eigenvalue weighted by Gasteiger charge is 2.24. The van der Waals surface area contributed by atoms with E-state index in [9.17, 15) is 4.79 Å². The van der Waals surface area contributed by atoms with Crippen LogP contribution in [0.2, 0.25) is 0 Å². The van der Waals surface area contributed by atoms with Crippen LogP contribution >= 0.6 is 0 Å². The molecule has 6 nitrogen and oxygen atoms in total. The van der Waals surface area contributed by atoms with Crippen LogP contribution in [0.5, 0.6) is 0 Å². The summed E-state index contributed by atoms with van der Waals surface area (Å²) in [4.78, 5) is 27.9. The van der Waals surface area contributed by atoms with Crippen molar-refractivity contribution in [1.29, 1.82) is 0 Å². The van der Waals surface area contributed by atoms with Crippen molar-refractivity contribution < 1.29 is 9.21 Å². The average molecular weight is 370 g/mol. The number of carbonyl (C=O) groups is 1. The van der Waals surface area contributed by atoms with E-state index in [2.05, 4.69) is 15.0 Å². The van der Waals surface area contributed by atoms with Crippen molar-refractivity contribution in [2.45, 2.75) is 13.1 Å². The van der Waals surface area contributed by atoms with Gasteiger partial charge in [-0.1, -0.05) is 42.5 Å². The first-order valence-corrected chi connectivity index (χ1v) is 8.89. The molecule has 0 bridgehead atoms. The molecule has 4 rings (SSSR count). The van der Waals surface area contributed by atoms with Crippen LogP contribution in [0.4, 0.5) is 0 Å². The van der Waals surface area contributed by atoms with Gasteiger partial charge in [0, 0.05) is 18.0 Å². The lowest BCUT2D eigenvalue weighted by molar-refractivity contribution is 0.0720. The van der Waals surface area contributed by atoms with Gasteiger partial charge in [0.1, 0.15) is 0 Å². The monoisotopic (exact) mass is 370 g/mol. The van der Waals surface area contributed by atoms with Crippen LogP contribution in [0.3, 0.4) is 0 Å². The second-order valence-corrected chi connectivity index (χ2v) is 6.20. The summed E-state index contributed by atoms with van der Waals surface area (Å²) < 4.78 is 5.53. The summed E-state index contributed by atoms with van der Waals surface area (Å²) in [5, 5.41) is 0. The first-order valence-electron chi connectivity index (χ1n) is 8.89. The molecule has 6 heteroatoms. The van der Waals surface area contributed by atoms with Crippen LogP contribution in [0.25, 0.3) is 11.3 Å². The molecule has 0 unspecified atom stereocenters. The third-order valence-corrected chi connectivity index (χ3v) is 4.25. The number of rotatable bonds is 6. The Hall–Kier alpha value is -3.80. The van der Waals surface area contributed by atoms with Crippen molar-refractivity contribution in [2.24, 2.45) is 0 Å². The van der Waals surface area contributed by atoms with E-state index in [1.807, 2.05) is 66.7 Å². The molecule has 0 atom stereocenters. The fraction of sp³-hybridized carbons (Fsp3) is 0.0909. The number of benzene rings is 1. The quantitative estimate of drug-likeness (QED) is 0.513. The van der Waals surface area contributed by atoms with Crippen molar-refractivity contribution >= 4 is 5.91 Å². The van der Waals surface area contributed by atoms with Gasteiger partial charge in [-0.05, 0) is 24.3 Å². The zero-order valence-electron chi connectivity index (χ0n) is 15.1. The van der Waals surface area contributed by atoms with Gasteiger partial charge in [0.05, 0.1) is 24.5 Å². The molecular weight excluding hydrogens is 352 g/mol. The first-order chi connectivity index (χ1) is 13.8. The molecule has 0 aliphatic rings. The van der Waals surface area contributed by atoms with E-state index in [-0.39, 0.29) is 11.6 Å². The van der Waals surface area contributed by atoms with Gasteiger partial charge in [-0.25, -0.2) is 4.98 Å². The minimum Gasteiger partial charge on any atom is -0.443 e.